The lowest BCUT2D eigenvalue weighted by Gasteiger charge is -2.13. The van der Waals surface area contributed by atoms with E-state index in [-0.39, 0.29) is 11.2 Å². The molecule has 1 unspecified atom stereocenters. The van der Waals surface area contributed by atoms with Gasteiger partial charge in [0, 0.05) is 6.20 Å². The Bertz CT molecular complexity index is 971. The van der Waals surface area contributed by atoms with Gasteiger partial charge in [-0.3, -0.25) is 4.40 Å². The van der Waals surface area contributed by atoms with E-state index in [1.54, 1.807) is 6.07 Å². The minimum absolute atomic E-state index is 0.0963. The van der Waals surface area contributed by atoms with Crippen LogP contribution in [0.1, 0.15) is 46.3 Å². The molecule has 0 aliphatic heterocycles. The van der Waals surface area contributed by atoms with Gasteiger partial charge >= 0.3 is 5.97 Å². The number of aryl methyl sites for hydroxylation is 1. The van der Waals surface area contributed by atoms with Crippen molar-refractivity contribution < 1.29 is 22.7 Å². The van der Waals surface area contributed by atoms with E-state index in [1.807, 2.05) is 0 Å². The Morgan fingerprint density at radius 2 is 2.08 bits per heavy atom. The van der Waals surface area contributed by atoms with Crippen LogP contribution in [0.3, 0.4) is 0 Å². The molecule has 8 heteroatoms. The van der Waals surface area contributed by atoms with Crippen LogP contribution in [0.15, 0.2) is 36.5 Å². The van der Waals surface area contributed by atoms with Gasteiger partial charge in [0.05, 0.1) is 5.56 Å². The molecule has 2 heterocycles. The maximum atomic E-state index is 13.4. The average molecular weight is 347 g/mol. The molecule has 1 atom stereocenters. The van der Waals surface area contributed by atoms with Crippen molar-refractivity contribution in [3.05, 3.63) is 64.9 Å². The number of hydrogen-bond donors (Lipinski definition) is 0. The van der Waals surface area contributed by atoms with Crippen molar-refractivity contribution in [2.75, 3.05) is 0 Å². The van der Waals surface area contributed by atoms with E-state index in [0.29, 0.717) is 18.4 Å². The Morgan fingerprint density at radius 1 is 1.24 bits per heavy atom. The third-order valence-corrected chi connectivity index (χ3v) is 4.24. The van der Waals surface area contributed by atoms with Crippen LogP contribution in [0.5, 0.6) is 0 Å². The Morgan fingerprint density at radius 3 is 2.88 bits per heavy atom. The second-order valence-electron chi connectivity index (χ2n) is 5.78. The topological polar surface area (TPSA) is 56.5 Å². The molecule has 4 rings (SSSR count). The highest BCUT2D eigenvalue weighted by Crippen LogP contribution is 2.35. The zero-order valence-corrected chi connectivity index (χ0v) is 12.8. The van der Waals surface area contributed by atoms with Crippen molar-refractivity contribution in [2.24, 2.45) is 0 Å². The van der Waals surface area contributed by atoms with Crippen molar-refractivity contribution in [2.45, 2.75) is 25.4 Å². The highest BCUT2D eigenvalue weighted by molar-refractivity contribution is 5.89. The Labute approximate surface area is 140 Å². The molecular formula is C17H12F3N3O2. The van der Waals surface area contributed by atoms with Crippen molar-refractivity contribution >= 4 is 11.6 Å². The molecule has 1 aromatic carbocycles. The summed E-state index contributed by atoms with van der Waals surface area (Å²) >= 11 is 0. The Balaban J connectivity index is 1.61. The Kier molecular flexibility index (Phi) is 3.67. The Hall–Kier alpha value is -2.90. The predicted molar refractivity (Wildman–Crippen MR) is 80.8 cm³/mol. The zero-order chi connectivity index (χ0) is 17.6. The predicted octanol–water partition coefficient (Wildman–Crippen LogP) is 3.65. The number of carbonyl (C=O) groups is 1. The molecule has 0 radical (unpaired) electrons. The third-order valence-electron chi connectivity index (χ3n) is 4.24. The lowest BCUT2D eigenvalue weighted by molar-refractivity contribution is 0.0300. The fraction of sp³-hybridized carbons (Fsp3) is 0.235. The molecule has 128 valence electrons. The minimum Gasteiger partial charge on any atom is -0.454 e. The van der Waals surface area contributed by atoms with Crippen molar-refractivity contribution in [1.82, 2.24) is 14.6 Å². The number of benzene rings is 1. The van der Waals surface area contributed by atoms with Gasteiger partial charge in [-0.25, -0.2) is 18.0 Å². The highest BCUT2D eigenvalue weighted by atomic mass is 19.3. The number of alkyl halides is 2. The summed E-state index contributed by atoms with van der Waals surface area (Å²) in [6.07, 6.45) is -0.897. The van der Waals surface area contributed by atoms with E-state index in [2.05, 4.69) is 10.2 Å². The van der Waals surface area contributed by atoms with Gasteiger partial charge in [0.1, 0.15) is 11.9 Å². The number of rotatable bonds is 3. The highest BCUT2D eigenvalue weighted by Gasteiger charge is 2.27. The van der Waals surface area contributed by atoms with Crippen molar-refractivity contribution in [3.8, 4) is 0 Å². The van der Waals surface area contributed by atoms with E-state index in [9.17, 15) is 18.0 Å². The molecule has 2 aromatic heterocycles. The molecular weight excluding hydrogens is 335 g/mol. The van der Waals surface area contributed by atoms with Gasteiger partial charge in [-0.1, -0.05) is 6.07 Å². The van der Waals surface area contributed by atoms with Crippen LogP contribution < -0.4 is 0 Å². The van der Waals surface area contributed by atoms with Gasteiger partial charge in [0.15, 0.2) is 5.65 Å². The molecule has 0 amide bonds. The summed E-state index contributed by atoms with van der Waals surface area (Å²) in [5.41, 5.74) is 1.89. The standard InChI is InChI=1S/C17H12F3N3O2/c18-11-4-1-9-2-5-13(12(9)7-11)25-17(24)10-3-6-14-21-22-16(15(19)20)23(14)8-10/h1,3-4,6-8,13,15H,2,5H2. The average Bonchev–Trinajstić information content (AvgIpc) is 3.18. The van der Waals surface area contributed by atoms with E-state index in [0.717, 1.165) is 9.96 Å². The van der Waals surface area contributed by atoms with E-state index < -0.39 is 30.1 Å². The van der Waals surface area contributed by atoms with Gasteiger partial charge in [0.25, 0.3) is 6.43 Å². The number of carbonyl (C=O) groups excluding carboxylic acids is 1. The van der Waals surface area contributed by atoms with Gasteiger partial charge in [-0.2, -0.15) is 0 Å². The van der Waals surface area contributed by atoms with Crippen molar-refractivity contribution in [1.29, 1.82) is 0 Å². The van der Waals surface area contributed by atoms with Crippen LogP contribution in [0.4, 0.5) is 13.2 Å². The quantitative estimate of drug-likeness (QED) is 0.679. The second kappa shape index (κ2) is 5.87. The minimum atomic E-state index is -2.81. The van der Waals surface area contributed by atoms with E-state index in [4.69, 9.17) is 4.74 Å². The molecule has 3 aromatic rings. The van der Waals surface area contributed by atoms with Gasteiger partial charge < -0.3 is 4.74 Å². The normalized spacial score (nSPS) is 16.4. The number of aromatic nitrogens is 3. The van der Waals surface area contributed by atoms with Crippen LogP contribution in [0.2, 0.25) is 0 Å². The number of hydrogen-bond acceptors (Lipinski definition) is 4. The number of pyridine rings is 1. The lowest BCUT2D eigenvalue weighted by Crippen LogP contribution is -2.11. The summed E-state index contributed by atoms with van der Waals surface area (Å²) in [5.74, 6) is -1.61. The monoisotopic (exact) mass is 347 g/mol. The zero-order valence-electron chi connectivity index (χ0n) is 12.8. The first kappa shape index (κ1) is 15.6. The molecule has 25 heavy (non-hydrogen) atoms. The molecule has 0 N–H and O–H groups in total. The molecule has 1 aliphatic carbocycles. The molecule has 5 nitrogen and oxygen atoms in total. The van der Waals surface area contributed by atoms with Gasteiger partial charge in [-0.15, -0.1) is 10.2 Å². The van der Waals surface area contributed by atoms with E-state index >= 15 is 0 Å². The summed E-state index contributed by atoms with van der Waals surface area (Å²) in [5, 5.41) is 7.03. The third kappa shape index (κ3) is 2.73. The van der Waals surface area contributed by atoms with Crippen LogP contribution in [-0.4, -0.2) is 20.6 Å². The van der Waals surface area contributed by atoms with Crippen molar-refractivity contribution in [3.63, 3.8) is 0 Å². The van der Waals surface area contributed by atoms with Crippen LogP contribution >= 0.6 is 0 Å². The summed E-state index contributed by atoms with van der Waals surface area (Å²) in [4.78, 5) is 12.4. The first-order valence-electron chi connectivity index (χ1n) is 7.65. The molecule has 0 bridgehead atoms. The SMILES string of the molecule is O=C(OC1CCc2ccc(F)cc21)c1ccc2nnc(C(F)F)n2c1. The van der Waals surface area contributed by atoms with Crippen LogP contribution in [0, 0.1) is 5.82 Å². The van der Waals surface area contributed by atoms with Gasteiger partial charge in [-0.05, 0) is 48.2 Å². The first-order chi connectivity index (χ1) is 12.0. The number of halogens is 3. The fourth-order valence-electron chi connectivity index (χ4n) is 3.03. The summed E-state index contributed by atoms with van der Waals surface area (Å²) in [6, 6.07) is 7.25. The molecule has 0 saturated heterocycles. The summed E-state index contributed by atoms with van der Waals surface area (Å²) in [7, 11) is 0. The number of fused-ring (bicyclic) bond motifs is 2. The van der Waals surface area contributed by atoms with Crippen LogP contribution in [0.25, 0.3) is 5.65 Å². The second-order valence-corrected chi connectivity index (χ2v) is 5.78. The number of ether oxygens (including phenoxy) is 1. The summed E-state index contributed by atoms with van der Waals surface area (Å²) in [6.45, 7) is 0. The maximum Gasteiger partial charge on any atom is 0.340 e. The maximum absolute atomic E-state index is 13.4. The van der Waals surface area contributed by atoms with E-state index in [1.165, 1.54) is 30.5 Å². The number of esters is 1. The summed E-state index contributed by atoms with van der Waals surface area (Å²) < 4.78 is 45.8. The largest absolute Gasteiger partial charge is 0.454 e. The lowest BCUT2D eigenvalue weighted by atomic mass is 10.1. The molecule has 0 saturated carbocycles. The first-order valence-corrected chi connectivity index (χ1v) is 7.65. The molecule has 1 aliphatic rings. The van der Waals surface area contributed by atoms with Crippen LogP contribution in [-0.2, 0) is 11.2 Å². The fourth-order valence-corrected chi connectivity index (χ4v) is 3.03. The number of nitrogens with zero attached hydrogens (tertiary/aromatic N) is 3. The smallest absolute Gasteiger partial charge is 0.340 e. The van der Waals surface area contributed by atoms with Gasteiger partial charge in [0.2, 0.25) is 5.82 Å². The molecule has 0 spiro atoms. The molecule has 0 fully saturated rings.